The zero-order valence-electron chi connectivity index (χ0n) is 8.42. The summed E-state index contributed by atoms with van der Waals surface area (Å²) >= 11 is 12.0. The second-order valence-corrected chi connectivity index (χ2v) is 4.79. The van der Waals surface area contributed by atoms with Gasteiger partial charge in [0.1, 0.15) is 0 Å². The topological polar surface area (TPSA) is 29.3 Å². The van der Waals surface area contributed by atoms with E-state index in [9.17, 15) is 0 Å². The molecule has 1 aliphatic heterocycles. The van der Waals surface area contributed by atoms with Crippen LogP contribution < -0.4 is 10.6 Å². The van der Waals surface area contributed by atoms with Gasteiger partial charge in [0.15, 0.2) is 0 Å². The highest BCUT2D eigenvalue weighted by Gasteiger charge is 2.18. The molecule has 2 rings (SSSR count). The number of halogens is 2. The summed E-state index contributed by atoms with van der Waals surface area (Å²) in [6.45, 7) is 1.90. The predicted octanol–water partition coefficient (Wildman–Crippen LogP) is 2.92. The molecule has 0 aromatic heterocycles. The Balaban J connectivity index is 2.21. The third-order valence-corrected chi connectivity index (χ3v) is 3.25. The Morgan fingerprint density at radius 1 is 1.33 bits per heavy atom. The molecule has 0 saturated carbocycles. The fraction of sp³-hybridized carbons (Fsp3) is 0.455. The van der Waals surface area contributed by atoms with Gasteiger partial charge >= 0.3 is 0 Å². The molecule has 1 aliphatic rings. The second-order valence-electron chi connectivity index (χ2n) is 3.94. The Labute approximate surface area is 100.0 Å². The minimum atomic E-state index is 0.255. The third kappa shape index (κ3) is 2.57. The van der Waals surface area contributed by atoms with Gasteiger partial charge in [-0.1, -0.05) is 23.2 Å². The number of piperidine rings is 1. The van der Waals surface area contributed by atoms with Crippen molar-refractivity contribution in [3.05, 3.63) is 28.2 Å². The van der Waals surface area contributed by atoms with Crippen molar-refractivity contribution in [3.63, 3.8) is 0 Å². The molecule has 1 saturated heterocycles. The number of nitrogens with zero attached hydrogens (tertiary/aromatic N) is 1. The minimum Gasteiger partial charge on any atom is -0.369 e. The van der Waals surface area contributed by atoms with E-state index in [1.165, 1.54) is 0 Å². The van der Waals surface area contributed by atoms with Crippen LogP contribution >= 0.6 is 23.2 Å². The van der Waals surface area contributed by atoms with Crippen LogP contribution in [0.15, 0.2) is 18.2 Å². The van der Waals surface area contributed by atoms with Gasteiger partial charge in [-0.25, -0.2) is 0 Å². The van der Waals surface area contributed by atoms with Gasteiger partial charge < -0.3 is 10.6 Å². The molecular weight excluding hydrogens is 231 g/mol. The van der Waals surface area contributed by atoms with Crippen LogP contribution in [0.25, 0.3) is 0 Å². The molecule has 4 heteroatoms. The summed E-state index contributed by atoms with van der Waals surface area (Å²) in [6, 6.07) is 5.86. The lowest BCUT2D eigenvalue weighted by Crippen LogP contribution is -2.42. The van der Waals surface area contributed by atoms with E-state index in [-0.39, 0.29) is 6.04 Å². The molecule has 1 aromatic carbocycles. The molecule has 2 N–H and O–H groups in total. The number of anilines is 1. The fourth-order valence-electron chi connectivity index (χ4n) is 1.97. The highest BCUT2D eigenvalue weighted by molar-refractivity contribution is 6.36. The van der Waals surface area contributed by atoms with E-state index in [1.54, 1.807) is 6.07 Å². The lowest BCUT2D eigenvalue weighted by Gasteiger charge is -2.33. The Kier molecular flexibility index (Phi) is 3.39. The maximum Gasteiger partial charge on any atom is 0.0654 e. The molecular formula is C11H14Cl2N2. The highest BCUT2D eigenvalue weighted by Crippen LogP contribution is 2.30. The van der Waals surface area contributed by atoms with Crippen LogP contribution in [0, 0.1) is 0 Å². The number of rotatable bonds is 1. The number of hydrogen-bond donors (Lipinski definition) is 1. The monoisotopic (exact) mass is 244 g/mol. The SMILES string of the molecule is NC1CCCN(c2ccc(Cl)cc2Cl)C1. The summed E-state index contributed by atoms with van der Waals surface area (Å²) in [4.78, 5) is 2.23. The standard InChI is InChI=1S/C11H14Cl2N2/c12-8-3-4-11(10(13)6-8)15-5-1-2-9(14)7-15/h3-4,6,9H,1-2,5,7,14H2. The van der Waals surface area contributed by atoms with Gasteiger partial charge in [0.2, 0.25) is 0 Å². The van der Waals surface area contributed by atoms with Gasteiger partial charge in [0.05, 0.1) is 10.7 Å². The van der Waals surface area contributed by atoms with Gasteiger partial charge in [-0.3, -0.25) is 0 Å². The average molecular weight is 245 g/mol. The van der Waals surface area contributed by atoms with Crippen molar-refractivity contribution in [3.8, 4) is 0 Å². The van der Waals surface area contributed by atoms with E-state index < -0.39 is 0 Å². The first-order valence-electron chi connectivity index (χ1n) is 5.12. The largest absolute Gasteiger partial charge is 0.369 e. The van der Waals surface area contributed by atoms with Crippen molar-refractivity contribution < 1.29 is 0 Å². The van der Waals surface area contributed by atoms with Crippen LogP contribution in [-0.4, -0.2) is 19.1 Å². The van der Waals surface area contributed by atoms with E-state index in [2.05, 4.69) is 4.90 Å². The Morgan fingerprint density at radius 2 is 2.13 bits per heavy atom. The van der Waals surface area contributed by atoms with E-state index in [4.69, 9.17) is 28.9 Å². The van der Waals surface area contributed by atoms with Crippen molar-refractivity contribution >= 4 is 28.9 Å². The number of benzene rings is 1. The summed E-state index contributed by atoms with van der Waals surface area (Å²) in [5, 5.41) is 1.38. The van der Waals surface area contributed by atoms with Crippen molar-refractivity contribution in [2.45, 2.75) is 18.9 Å². The quantitative estimate of drug-likeness (QED) is 0.824. The summed E-state index contributed by atoms with van der Waals surface area (Å²) < 4.78 is 0. The first-order valence-corrected chi connectivity index (χ1v) is 5.88. The molecule has 82 valence electrons. The lowest BCUT2D eigenvalue weighted by molar-refractivity contribution is 0.506. The Bertz CT molecular complexity index is 354. The Hall–Kier alpha value is -0.440. The molecule has 1 heterocycles. The average Bonchev–Trinajstić information content (AvgIpc) is 2.17. The first kappa shape index (κ1) is 11.1. The molecule has 1 atom stereocenters. The van der Waals surface area contributed by atoms with Crippen LogP contribution in [0.2, 0.25) is 10.0 Å². The smallest absolute Gasteiger partial charge is 0.0654 e. The molecule has 0 aliphatic carbocycles. The summed E-state index contributed by atoms with van der Waals surface area (Å²) in [7, 11) is 0. The maximum atomic E-state index is 6.14. The van der Waals surface area contributed by atoms with Gasteiger partial charge in [-0.2, -0.15) is 0 Å². The van der Waals surface area contributed by atoms with Crippen LogP contribution in [0.4, 0.5) is 5.69 Å². The summed E-state index contributed by atoms with van der Waals surface area (Å²) in [5.74, 6) is 0. The highest BCUT2D eigenvalue weighted by atomic mass is 35.5. The Morgan fingerprint density at radius 3 is 2.80 bits per heavy atom. The second kappa shape index (κ2) is 4.60. The molecule has 0 spiro atoms. The first-order chi connectivity index (χ1) is 7.16. The number of nitrogens with two attached hydrogens (primary N) is 1. The van der Waals surface area contributed by atoms with Crippen molar-refractivity contribution in [2.75, 3.05) is 18.0 Å². The summed E-state index contributed by atoms with van der Waals surface area (Å²) in [5.41, 5.74) is 6.97. The third-order valence-electron chi connectivity index (χ3n) is 2.71. The predicted molar refractivity (Wildman–Crippen MR) is 65.9 cm³/mol. The fourth-order valence-corrected chi connectivity index (χ4v) is 2.49. The number of hydrogen-bond acceptors (Lipinski definition) is 2. The molecule has 15 heavy (non-hydrogen) atoms. The van der Waals surface area contributed by atoms with Crippen molar-refractivity contribution in [1.82, 2.24) is 0 Å². The summed E-state index contributed by atoms with van der Waals surface area (Å²) in [6.07, 6.45) is 2.22. The lowest BCUT2D eigenvalue weighted by atomic mass is 10.1. The van der Waals surface area contributed by atoms with E-state index in [0.717, 1.165) is 31.6 Å². The molecule has 1 aromatic rings. The minimum absolute atomic E-state index is 0.255. The molecule has 0 bridgehead atoms. The van der Waals surface area contributed by atoms with Crippen molar-refractivity contribution in [1.29, 1.82) is 0 Å². The molecule has 2 nitrogen and oxygen atoms in total. The van der Waals surface area contributed by atoms with E-state index >= 15 is 0 Å². The van der Waals surface area contributed by atoms with Crippen LogP contribution in [0.3, 0.4) is 0 Å². The van der Waals surface area contributed by atoms with Gasteiger partial charge in [-0.15, -0.1) is 0 Å². The zero-order chi connectivity index (χ0) is 10.8. The molecule has 1 unspecified atom stereocenters. The van der Waals surface area contributed by atoms with E-state index in [0.29, 0.717) is 10.0 Å². The normalized spacial score (nSPS) is 21.8. The molecule has 0 radical (unpaired) electrons. The van der Waals surface area contributed by atoms with E-state index in [1.807, 2.05) is 12.1 Å². The molecule has 1 fully saturated rings. The van der Waals surface area contributed by atoms with Crippen LogP contribution in [-0.2, 0) is 0 Å². The van der Waals surface area contributed by atoms with Gasteiger partial charge in [0, 0.05) is 24.2 Å². The maximum absolute atomic E-state index is 6.14. The van der Waals surface area contributed by atoms with Crippen molar-refractivity contribution in [2.24, 2.45) is 5.73 Å². The van der Waals surface area contributed by atoms with Crippen LogP contribution in [0.1, 0.15) is 12.8 Å². The van der Waals surface area contributed by atoms with Gasteiger partial charge in [0.25, 0.3) is 0 Å². The van der Waals surface area contributed by atoms with Crippen LogP contribution in [0.5, 0.6) is 0 Å². The zero-order valence-corrected chi connectivity index (χ0v) is 9.93. The van der Waals surface area contributed by atoms with Gasteiger partial charge in [-0.05, 0) is 31.0 Å². The molecule has 0 amide bonds.